The molecule has 0 aromatic heterocycles. The van der Waals surface area contributed by atoms with Crippen molar-refractivity contribution in [3.63, 3.8) is 0 Å². The van der Waals surface area contributed by atoms with Crippen LogP contribution in [0.5, 0.6) is 11.5 Å². The number of carbonyl (C=O) groups is 1. The Morgan fingerprint density at radius 2 is 2.00 bits per heavy atom. The Kier molecular flexibility index (Phi) is 8.04. The van der Waals surface area contributed by atoms with Gasteiger partial charge in [-0.15, -0.1) is 0 Å². The predicted octanol–water partition coefficient (Wildman–Crippen LogP) is 3.68. The molecule has 1 atom stereocenters. The van der Waals surface area contributed by atoms with Crippen LogP contribution in [0, 0.1) is 0 Å². The molecule has 7 nitrogen and oxygen atoms in total. The summed E-state index contributed by atoms with van der Waals surface area (Å²) in [5, 5.41) is 6.59. The second kappa shape index (κ2) is 9.76. The van der Waals surface area contributed by atoms with E-state index in [2.05, 4.69) is 10.5 Å². The Morgan fingerprint density at radius 1 is 1.28 bits per heavy atom. The van der Waals surface area contributed by atoms with Gasteiger partial charge in [-0.25, -0.2) is 4.79 Å². The molecule has 1 rings (SSSR count). The van der Waals surface area contributed by atoms with Gasteiger partial charge in [0.2, 0.25) is 0 Å². The van der Waals surface area contributed by atoms with E-state index >= 15 is 0 Å². The lowest BCUT2D eigenvalue weighted by molar-refractivity contribution is 0.0505. The number of benzene rings is 1. The molecule has 0 fully saturated rings. The maximum absolute atomic E-state index is 12.1. The highest BCUT2D eigenvalue weighted by Gasteiger charge is 2.21. The van der Waals surface area contributed by atoms with Crippen LogP contribution < -0.4 is 14.8 Å². The zero-order chi connectivity index (χ0) is 18.9. The molecule has 0 aliphatic carbocycles. The number of rotatable bonds is 8. The first-order valence-corrected chi connectivity index (χ1v) is 8.16. The molecule has 0 aliphatic rings. The molecule has 7 heteroatoms. The molecule has 0 spiro atoms. The first-order chi connectivity index (χ1) is 11.8. The summed E-state index contributed by atoms with van der Waals surface area (Å²) in [5.41, 5.74) is 0.267. The van der Waals surface area contributed by atoms with Crippen molar-refractivity contribution in [3.8, 4) is 11.5 Å². The van der Waals surface area contributed by atoms with Crippen molar-refractivity contribution in [3.05, 3.63) is 23.8 Å². The Labute approximate surface area is 149 Å². The van der Waals surface area contributed by atoms with Crippen molar-refractivity contribution in [1.29, 1.82) is 0 Å². The summed E-state index contributed by atoms with van der Waals surface area (Å²) in [6.45, 7) is 7.85. The number of hydrogen-bond donors (Lipinski definition) is 1. The van der Waals surface area contributed by atoms with E-state index in [0.29, 0.717) is 24.5 Å². The fraction of sp³-hybridized carbons (Fsp3) is 0.556. The molecule has 0 radical (unpaired) electrons. The molecule has 1 aromatic rings. The van der Waals surface area contributed by atoms with Crippen LogP contribution in [-0.4, -0.2) is 38.7 Å². The van der Waals surface area contributed by atoms with Gasteiger partial charge in [0, 0.05) is 12.6 Å². The summed E-state index contributed by atoms with van der Waals surface area (Å²) in [6.07, 6.45) is 1.52. The fourth-order valence-corrected chi connectivity index (χ4v) is 2.13. The minimum atomic E-state index is -0.578. The zero-order valence-corrected chi connectivity index (χ0v) is 15.8. The predicted molar refractivity (Wildman–Crippen MR) is 96.4 cm³/mol. The molecule has 0 saturated carbocycles. The van der Waals surface area contributed by atoms with E-state index in [-0.39, 0.29) is 6.04 Å². The maximum atomic E-state index is 12.1. The number of amides is 1. The summed E-state index contributed by atoms with van der Waals surface area (Å²) < 4.78 is 16.2. The SMILES string of the molecule is CCOc1cc(C(CC=NOC)NC(=O)OC(C)(C)C)ccc1OC. The minimum absolute atomic E-state index is 0.348. The standard InChI is InChI=1S/C18H28N2O5/c1-7-24-16-12-13(8-9-15(16)22-5)14(10-11-19-23-6)20-17(21)25-18(2,3)4/h8-9,11-12,14H,7,10H2,1-6H3,(H,20,21). The van der Waals surface area contributed by atoms with Crippen LogP contribution in [0.2, 0.25) is 0 Å². The first-order valence-electron chi connectivity index (χ1n) is 8.16. The molecule has 140 valence electrons. The van der Waals surface area contributed by atoms with Crippen molar-refractivity contribution < 1.29 is 23.8 Å². The number of hydrogen-bond acceptors (Lipinski definition) is 6. The van der Waals surface area contributed by atoms with E-state index in [4.69, 9.17) is 19.0 Å². The van der Waals surface area contributed by atoms with Gasteiger partial charge in [-0.2, -0.15) is 0 Å². The topological polar surface area (TPSA) is 78.4 Å². The van der Waals surface area contributed by atoms with Crippen molar-refractivity contribution in [2.75, 3.05) is 20.8 Å². The first kappa shape index (κ1) is 20.6. The minimum Gasteiger partial charge on any atom is -0.493 e. The van der Waals surface area contributed by atoms with Crippen LogP contribution in [-0.2, 0) is 9.57 Å². The highest BCUT2D eigenvalue weighted by Crippen LogP contribution is 2.31. The molecule has 0 saturated heterocycles. The maximum Gasteiger partial charge on any atom is 0.408 e. The van der Waals surface area contributed by atoms with E-state index < -0.39 is 11.7 Å². The van der Waals surface area contributed by atoms with Crippen molar-refractivity contribution in [1.82, 2.24) is 5.32 Å². The summed E-state index contributed by atoms with van der Waals surface area (Å²) >= 11 is 0. The number of nitrogens with one attached hydrogen (secondary N) is 1. The van der Waals surface area contributed by atoms with Crippen molar-refractivity contribution in [2.45, 2.75) is 45.8 Å². The number of oxime groups is 1. The second-order valence-corrected chi connectivity index (χ2v) is 6.25. The number of alkyl carbamates (subject to hydrolysis) is 1. The normalized spacial score (nSPS) is 12.6. The van der Waals surface area contributed by atoms with Crippen LogP contribution in [0.1, 0.15) is 45.7 Å². The van der Waals surface area contributed by atoms with Crippen molar-refractivity contribution >= 4 is 12.3 Å². The largest absolute Gasteiger partial charge is 0.493 e. The van der Waals surface area contributed by atoms with Gasteiger partial charge in [0.1, 0.15) is 12.7 Å². The Balaban J connectivity index is 3.03. The van der Waals surface area contributed by atoms with Crippen LogP contribution in [0.4, 0.5) is 4.79 Å². The fourth-order valence-electron chi connectivity index (χ4n) is 2.13. The lowest BCUT2D eigenvalue weighted by Gasteiger charge is -2.23. The number of carbonyl (C=O) groups excluding carboxylic acids is 1. The van der Waals surface area contributed by atoms with Crippen LogP contribution in [0.15, 0.2) is 23.4 Å². The van der Waals surface area contributed by atoms with E-state index in [9.17, 15) is 4.79 Å². The summed E-state index contributed by atoms with van der Waals surface area (Å²) in [7, 11) is 3.05. The monoisotopic (exact) mass is 352 g/mol. The molecule has 1 unspecified atom stereocenters. The van der Waals surface area contributed by atoms with E-state index in [1.54, 1.807) is 19.4 Å². The average Bonchev–Trinajstić information content (AvgIpc) is 2.52. The van der Waals surface area contributed by atoms with Crippen LogP contribution >= 0.6 is 0 Å². The third kappa shape index (κ3) is 7.32. The lowest BCUT2D eigenvalue weighted by Crippen LogP contribution is -2.35. The second-order valence-electron chi connectivity index (χ2n) is 6.25. The van der Waals surface area contributed by atoms with Gasteiger partial charge >= 0.3 is 6.09 Å². The van der Waals surface area contributed by atoms with Crippen LogP contribution in [0.3, 0.4) is 0 Å². The van der Waals surface area contributed by atoms with Crippen molar-refractivity contribution in [2.24, 2.45) is 5.16 Å². The van der Waals surface area contributed by atoms with Gasteiger partial charge < -0.3 is 24.4 Å². The summed E-state index contributed by atoms with van der Waals surface area (Å²) in [4.78, 5) is 16.8. The highest BCUT2D eigenvalue weighted by atomic mass is 16.6. The van der Waals surface area contributed by atoms with Gasteiger partial charge in [0.25, 0.3) is 0 Å². The molecule has 0 bridgehead atoms. The molecule has 1 N–H and O–H groups in total. The number of ether oxygens (including phenoxy) is 3. The Hall–Kier alpha value is -2.44. The smallest absolute Gasteiger partial charge is 0.408 e. The van der Waals surface area contributed by atoms with Gasteiger partial charge in [-0.05, 0) is 45.4 Å². The van der Waals surface area contributed by atoms with Gasteiger partial charge in [0.15, 0.2) is 11.5 Å². The molecule has 1 aromatic carbocycles. The highest BCUT2D eigenvalue weighted by molar-refractivity contribution is 5.70. The Bertz CT molecular complexity index is 581. The van der Waals surface area contributed by atoms with Gasteiger partial charge in [-0.3, -0.25) is 0 Å². The molecule has 1 amide bonds. The molecule has 0 heterocycles. The van der Waals surface area contributed by atoms with Gasteiger partial charge in [-0.1, -0.05) is 11.2 Å². The summed E-state index contributed by atoms with van der Waals surface area (Å²) in [6, 6.07) is 5.16. The molecular formula is C18H28N2O5. The number of nitrogens with zero attached hydrogens (tertiary/aromatic N) is 1. The number of methoxy groups -OCH3 is 1. The third-order valence-corrected chi connectivity index (χ3v) is 3.10. The molecular weight excluding hydrogens is 324 g/mol. The molecule has 25 heavy (non-hydrogen) atoms. The summed E-state index contributed by atoms with van der Waals surface area (Å²) in [5.74, 6) is 1.24. The van der Waals surface area contributed by atoms with E-state index in [1.165, 1.54) is 7.11 Å². The third-order valence-electron chi connectivity index (χ3n) is 3.10. The van der Waals surface area contributed by atoms with E-state index in [1.807, 2.05) is 39.8 Å². The van der Waals surface area contributed by atoms with E-state index in [0.717, 1.165) is 5.56 Å². The lowest BCUT2D eigenvalue weighted by atomic mass is 10.0. The zero-order valence-electron chi connectivity index (χ0n) is 15.8. The van der Waals surface area contributed by atoms with Gasteiger partial charge in [0.05, 0.1) is 19.8 Å². The Morgan fingerprint density at radius 3 is 2.56 bits per heavy atom. The molecule has 0 aliphatic heterocycles. The van der Waals surface area contributed by atoms with Crippen LogP contribution in [0.25, 0.3) is 0 Å². The average molecular weight is 352 g/mol. The quantitative estimate of drug-likeness (QED) is 0.570.